The van der Waals surface area contributed by atoms with Crippen molar-refractivity contribution >= 4 is 17.7 Å². The minimum atomic E-state index is 0.0996. The lowest BCUT2D eigenvalue weighted by molar-refractivity contribution is -0.120. The number of rotatable bonds is 7. The Labute approximate surface area is 123 Å². The molecule has 0 aliphatic carbocycles. The number of hydrogen-bond acceptors (Lipinski definition) is 3. The van der Waals surface area contributed by atoms with Crippen molar-refractivity contribution in [2.45, 2.75) is 17.7 Å². The van der Waals surface area contributed by atoms with Gasteiger partial charge in [-0.05, 0) is 30.2 Å². The molecule has 0 fully saturated rings. The Balaban J connectivity index is 1.59. The molecule has 104 valence electrons. The molecule has 1 heterocycles. The summed E-state index contributed by atoms with van der Waals surface area (Å²) in [5, 5.41) is 2.94. The first-order chi connectivity index (χ1) is 9.84. The Bertz CT molecular complexity index is 517. The number of thioether (sulfide) groups is 1. The molecule has 2 rings (SSSR count). The lowest BCUT2D eigenvalue weighted by atomic mass is 10.1. The standard InChI is InChI=1S/C16H18N2OS/c19-16(9-8-14-5-4-10-17-13-14)18-11-12-20-15-6-2-1-3-7-15/h1-7,10,13H,8-9,11-12H2,(H,18,19). The average molecular weight is 286 g/mol. The van der Waals surface area contributed by atoms with Crippen LogP contribution in [0.25, 0.3) is 0 Å². The summed E-state index contributed by atoms with van der Waals surface area (Å²) in [4.78, 5) is 17.0. The zero-order valence-corrected chi connectivity index (χ0v) is 12.1. The number of hydrogen-bond donors (Lipinski definition) is 1. The molecule has 0 unspecified atom stereocenters. The van der Waals surface area contributed by atoms with E-state index in [0.717, 1.165) is 17.7 Å². The average Bonchev–Trinajstić information content (AvgIpc) is 2.52. The van der Waals surface area contributed by atoms with E-state index < -0.39 is 0 Å². The van der Waals surface area contributed by atoms with Crippen LogP contribution in [0, 0.1) is 0 Å². The fourth-order valence-corrected chi connectivity index (χ4v) is 2.56. The van der Waals surface area contributed by atoms with Crippen LogP contribution in [-0.4, -0.2) is 23.2 Å². The summed E-state index contributed by atoms with van der Waals surface area (Å²) in [6, 6.07) is 14.1. The van der Waals surface area contributed by atoms with Gasteiger partial charge in [0.2, 0.25) is 5.91 Å². The Morgan fingerprint density at radius 2 is 2.00 bits per heavy atom. The van der Waals surface area contributed by atoms with Crippen LogP contribution in [0.5, 0.6) is 0 Å². The van der Waals surface area contributed by atoms with E-state index in [1.165, 1.54) is 4.90 Å². The van der Waals surface area contributed by atoms with Crippen molar-refractivity contribution in [1.29, 1.82) is 0 Å². The number of benzene rings is 1. The molecule has 0 radical (unpaired) electrons. The third-order valence-electron chi connectivity index (χ3n) is 2.80. The number of carbonyl (C=O) groups excluding carboxylic acids is 1. The molecule has 0 aliphatic rings. The summed E-state index contributed by atoms with van der Waals surface area (Å²) >= 11 is 1.75. The molecule has 0 aliphatic heterocycles. The van der Waals surface area contributed by atoms with Crippen molar-refractivity contribution in [2.24, 2.45) is 0 Å². The summed E-state index contributed by atoms with van der Waals surface area (Å²) < 4.78 is 0. The van der Waals surface area contributed by atoms with E-state index in [0.29, 0.717) is 13.0 Å². The fraction of sp³-hybridized carbons (Fsp3) is 0.250. The number of nitrogens with one attached hydrogen (secondary N) is 1. The van der Waals surface area contributed by atoms with Gasteiger partial charge in [-0.2, -0.15) is 0 Å². The van der Waals surface area contributed by atoms with Crippen LogP contribution in [-0.2, 0) is 11.2 Å². The van der Waals surface area contributed by atoms with Crippen molar-refractivity contribution in [3.8, 4) is 0 Å². The molecule has 1 amide bonds. The maximum atomic E-state index is 11.7. The third kappa shape index (κ3) is 5.45. The number of aromatic nitrogens is 1. The summed E-state index contributed by atoms with van der Waals surface area (Å²) in [7, 11) is 0. The summed E-state index contributed by atoms with van der Waals surface area (Å²) in [6.07, 6.45) is 4.80. The molecule has 1 N–H and O–H groups in total. The van der Waals surface area contributed by atoms with E-state index in [9.17, 15) is 4.79 Å². The Morgan fingerprint density at radius 3 is 2.75 bits per heavy atom. The smallest absolute Gasteiger partial charge is 0.220 e. The van der Waals surface area contributed by atoms with E-state index in [-0.39, 0.29) is 5.91 Å². The highest BCUT2D eigenvalue weighted by molar-refractivity contribution is 7.99. The second-order valence-electron chi connectivity index (χ2n) is 4.37. The normalized spacial score (nSPS) is 10.2. The highest BCUT2D eigenvalue weighted by Crippen LogP contribution is 2.15. The van der Waals surface area contributed by atoms with Crippen LogP contribution < -0.4 is 5.32 Å². The SMILES string of the molecule is O=C(CCc1cccnc1)NCCSc1ccccc1. The molecule has 0 spiro atoms. The first-order valence-corrected chi connectivity index (χ1v) is 7.66. The van der Waals surface area contributed by atoms with Gasteiger partial charge in [-0.1, -0.05) is 24.3 Å². The number of amides is 1. The largest absolute Gasteiger partial charge is 0.355 e. The molecule has 4 heteroatoms. The minimum absolute atomic E-state index is 0.0996. The van der Waals surface area contributed by atoms with Crippen LogP contribution in [0.2, 0.25) is 0 Å². The van der Waals surface area contributed by atoms with Crippen LogP contribution in [0.4, 0.5) is 0 Å². The number of nitrogens with zero attached hydrogens (tertiary/aromatic N) is 1. The molecule has 0 saturated heterocycles. The van der Waals surface area contributed by atoms with Gasteiger partial charge < -0.3 is 5.32 Å². The van der Waals surface area contributed by atoms with Gasteiger partial charge in [-0.25, -0.2) is 0 Å². The van der Waals surface area contributed by atoms with E-state index in [2.05, 4.69) is 22.4 Å². The van der Waals surface area contributed by atoms with Gasteiger partial charge in [0.05, 0.1) is 0 Å². The van der Waals surface area contributed by atoms with Gasteiger partial charge in [0.25, 0.3) is 0 Å². The van der Waals surface area contributed by atoms with Gasteiger partial charge in [0, 0.05) is 36.0 Å². The van der Waals surface area contributed by atoms with Crippen molar-refractivity contribution in [3.05, 3.63) is 60.4 Å². The highest BCUT2D eigenvalue weighted by atomic mass is 32.2. The van der Waals surface area contributed by atoms with Crippen molar-refractivity contribution in [1.82, 2.24) is 10.3 Å². The number of pyridine rings is 1. The van der Waals surface area contributed by atoms with Crippen LogP contribution in [0.1, 0.15) is 12.0 Å². The van der Waals surface area contributed by atoms with E-state index in [4.69, 9.17) is 0 Å². The Hall–Kier alpha value is -1.81. The van der Waals surface area contributed by atoms with Crippen LogP contribution in [0.3, 0.4) is 0 Å². The predicted molar refractivity (Wildman–Crippen MR) is 82.7 cm³/mol. The van der Waals surface area contributed by atoms with Gasteiger partial charge >= 0.3 is 0 Å². The lowest BCUT2D eigenvalue weighted by Gasteiger charge is -2.05. The molecule has 20 heavy (non-hydrogen) atoms. The molecule has 1 aromatic carbocycles. The van der Waals surface area contributed by atoms with E-state index in [1.807, 2.05) is 30.3 Å². The summed E-state index contributed by atoms with van der Waals surface area (Å²) in [5.41, 5.74) is 1.10. The molecule has 0 atom stereocenters. The lowest BCUT2D eigenvalue weighted by Crippen LogP contribution is -2.25. The molecular formula is C16H18N2OS. The minimum Gasteiger partial charge on any atom is -0.355 e. The second-order valence-corrected chi connectivity index (χ2v) is 5.54. The molecule has 3 nitrogen and oxygen atoms in total. The predicted octanol–water partition coefficient (Wildman–Crippen LogP) is 2.92. The fourth-order valence-electron chi connectivity index (χ4n) is 1.77. The molecule has 0 bridgehead atoms. The first kappa shape index (κ1) is 14.6. The maximum Gasteiger partial charge on any atom is 0.220 e. The maximum absolute atomic E-state index is 11.7. The van der Waals surface area contributed by atoms with Gasteiger partial charge in [0.1, 0.15) is 0 Å². The van der Waals surface area contributed by atoms with Crippen molar-refractivity contribution in [3.63, 3.8) is 0 Å². The zero-order valence-electron chi connectivity index (χ0n) is 11.3. The molecule has 2 aromatic rings. The van der Waals surface area contributed by atoms with E-state index >= 15 is 0 Å². The first-order valence-electron chi connectivity index (χ1n) is 6.68. The summed E-state index contributed by atoms with van der Waals surface area (Å²) in [6.45, 7) is 0.700. The number of carbonyl (C=O) groups is 1. The molecule has 0 saturated carbocycles. The molecule has 1 aromatic heterocycles. The van der Waals surface area contributed by atoms with Gasteiger partial charge in [-0.15, -0.1) is 11.8 Å². The van der Waals surface area contributed by atoms with Crippen LogP contribution >= 0.6 is 11.8 Å². The second kappa shape index (κ2) is 8.38. The monoisotopic (exact) mass is 286 g/mol. The Morgan fingerprint density at radius 1 is 1.15 bits per heavy atom. The zero-order chi connectivity index (χ0) is 14.0. The Kier molecular flexibility index (Phi) is 6.11. The number of aryl methyl sites for hydroxylation is 1. The van der Waals surface area contributed by atoms with E-state index in [1.54, 1.807) is 24.2 Å². The quantitative estimate of drug-likeness (QED) is 0.628. The summed E-state index contributed by atoms with van der Waals surface area (Å²) in [5.74, 6) is 0.991. The van der Waals surface area contributed by atoms with Crippen LogP contribution in [0.15, 0.2) is 59.8 Å². The highest BCUT2D eigenvalue weighted by Gasteiger charge is 2.01. The third-order valence-corrected chi connectivity index (χ3v) is 3.81. The van der Waals surface area contributed by atoms with Crippen molar-refractivity contribution < 1.29 is 4.79 Å². The molecular weight excluding hydrogens is 268 g/mol. The van der Waals surface area contributed by atoms with Gasteiger partial charge in [0.15, 0.2) is 0 Å². The topological polar surface area (TPSA) is 42.0 Å². The van der Waals surface area contributed by atoms with Gasteiger partial charge in [-0.3, -0.25) is 9.78 Å². The van der Waals surface area contributed by atoms with Crippen molar-refractivity contribution in [2.75, 3.05) is 12.3 Å².